The molecule has 144 valence electrons. The minimum Gasteiger partial charge on any atom is -0.480 e. The third kappa shape index (κ3) is 4.46. The second kappa shape index (κ2) is 7.80. The van der Waals surface area contributed by atoms with Gasteiger partial charge in [-0.15, -0.1) is 0 Å². The van der Waals surface area contributed by atoms with Crippen LogP contribution in [0, 0.1) is 0 Å². The summed E-state index contributed by atoms with van der Waals surface area (Å²) >= 11 is 7.51. The largest absolute Gasteiger partial charge is 0.480 e. The van der Waals surface area contributed by atoms with Crippen molar-refractivity contribution in [3.8, 4) is 0 Å². The van der Waals surface area contributed by atoms with Crippen LogP contribution in [-0.2, 0) is 19.7 Å². The Kier molecular flexibility index (Phi) is 5.82. The first-order valence-corrected chi connectivity index (χ1v) is 11.3. The SMILES string of the molecule is O=C(O)CN1C(=O)/C(=C2\Sc3ccccc3N2CCCS(=O)(=O)O)SC1=S. The van der Waals surface area contributed by atoms with E-state index in [0.717, 1.165) is 27.2 Å². The van der Waals surface area contributed by atoms with Crippen molar-refractivity contribution in [2.75, 3.05) is 23.7 Å². The highest BCUT2D eigenvalue weighted by Gasteiger charge is 2.39. The number of carbonyl (C=O) groups excluding carboxylic acids is 1. The van der Waals surface area contributed by atoms with Gasteiger partial charge in [-0.05, 0) is 18.6 Å². The van der Waals surface area contributed by atoms with E-state index >= 15 is 0 Å². The van der Waals surface area contributed by atoms with E-state index in [1.165, 1.54) is 11.8 Å². The minimum atomic E-state index is -4.09. The lowest BCUT2D eigenvalue weighted by atomic mass is 10.3. The van der Waals surface area contributed by atoms with Crippen molar-refractivity contribution < 1.29 is 27.7 Å². The summed E-state index contributed by atoms with van der Waals surface area (Å²) in [5, 5.41) is 9.55. The van der Waals surface area contributed by atoms with Gasteiger partial charge in [0.05, 0.1) is 11.4 Å². The molecule has 2 heterocycles. The van der Waals surface area contributed by atoms with Crippen LogP contribution in [0.4, 0.5) is 5.69 Å². The van der Waals surface area contributed by atoms with Crippen LogP contribution in [0.15, 0.2) is 39.1 Å². The van der Waals surface area contributed by atoms with Crippen LogP contribution in [0.2, 0.25) is 0 Å². The Bertz CT molecular complexity index is 959. The third-order valence-corrected chi connectivity index (χ3v) is 7.28. The van der Waals surface area contributed by atoms with Crippen molar-refractivity contribution in [1.82, 2.24) is 4.90 Å². The molecule has 8 nitrogen and oxygen atoms in total. The van der Waals surface area contributed by atoms with E-state index in [1.807, 2.05) is 24.3 Å². The number of anilines is 1. The van der Waals surface area contributed by atoms with Crippen molar-refractivity contribution in [3.05, 3.63) is 34.2 Å². The maximum absolute atomic E-state index is 12.7. The minimum absolute atomic E-state index is 0.159. The molecule has 0 atom stereocenters. The standard InChI is InChI=1S/C15H14N2O6S4/c18-11(19)8-17-13(20)12(26-15(17)24)14-16(6-3-7-27(21,22)23)9-4-1-2-5-10(9)25-14/h1-2,4-5H,3,6-8H2,(H,18,19)(H,21,22,23)/b14-12+. The fourth-order valence-corrected chi connectivity index (χ4v) is 5.72. The number of carbonyl (C=O) groups is 2. The van der Waals surface area contributed by atoms with Crippen LogP contribution in [0.1, 0.15) is 6.42 Å². The Hall–Kier alpha value is -1.60. The molecule has 0 radical (unpaired) electrons. The maximum atomic E-state index is 12.7. The summed E-state index contributed by atoms with van der Waals surface area (Å²) in [5.74, 6) is -2.05. The van der Waals surface area contributed by atoms with Gasteiger partial charge in [-0.25, -0.2) is 0 Å². The van der Waals surface area contributed by atoms with Crippen molar-refractivity contribution in [1.29, 1.82) is 0 Å². The molecule has 0 spiro atoms. The van der Waals surface area contributed by atoms with Crippen LogP contribution in [0.5, 0.6) is 0 Å². The number of rotatable bonds is 6. The lowest BCUT2D eigenvalue weighted by Gasteiger charge is -2.21. The highest BCUT2D eigenvalue weighted by molar-refractivity contribution is 8.27. The highest BCUT2D eigenvalue weighted by atomic mass is 32.2. The molecule has 2 aliphatic rings. The summed E-state index contributed by atoms with van der Waals surface area (Å²) in [4.78, 5) is 27.7. The molecule has 1 aromatic rings. The van der Waals surface area contributed by atoms with Gasteiger partial charge in [0, 0.05) is 11.4 Å². The van der Waals surface area contributed by atoms with Crippen LogP contribution in [0.25, 0.3) is 0 Å². The molecule has 3 rings (SSSR count). The summed E-state index contributed by atoms with van der Waals surface area (Å²) in [6.07, 6.45) is 0.159. The molecule has 0 aliphatic carbocycles. The van der Waals surface area contributed by atoms with Gasteiger partial charge in [-0.3, -0.25) is 19.0 Å². The van der Waals surface area contributed by atoms with Gasteiger partial charge in [-0.2, -0.15) is 8.42 Å². The van der Waals surface area contributed by atoms with Gasteiger partial charge >= 0.3 is 5.97 Å². The van der Waals surface area contributed by atoms with E-state index in [1.54, 1.807) is 4.90 Å². The predicted molar refractivity (Wildman–Crippen MR) is 107 cm³/mol. The molecular weight excluding hydrogens is 432 g/mol. The van der Waals surface area contributed by atoms with Gasteiger partial charge in [-0.1, -0.05) is 47.9 Å². The van der Waals surface area contributed by atoms with E-state index in [-0.39, 0.29) is 17.3 Å². The number of carboxylic acid groups (broad SMARTS) is 1. The Labute approximate surface area is 169 Å². The van der Waals surface area contributed by atoms with Gasteiger partial charge in [0.15, 0.2) is 0 Å². The van der Waals surface area contributed by atoms with Gasteiger partial charge in [0.25, 0.3) is 16.0 Å². The highest BCUT2D eigenvalue weighted by Crippen LogP contribution is 2.50. The normalized spacial score (nSPS) is 19.7. The summed E-state index contributed by atoms with van der Waals surface area (Å²) < 4.78 is 31.1. The first-order valence-electron chi connectivity index (χ1n) is 7.66. The molecule has 0 saturated carbocycles. The average molecular weight is 447 g/mol. The first-order chi connectivity index (χ1) is 12.7. The van der Waals surface area contributed by atoms with Crippen molar-refractivity contribution in [3.63, 3.8) is 0 Å². The molecule has 0 unspecified atom stereocenters. The number of nitrogens with zero attached hydrogens (tertiary/aromatic N) is 2. The molecule has 1 saturated heterocycles. The maximum Gasteiger partial charge on any atom is 0.323 e. The van der Waals surface area contributed by atoms with E-state index in [4.69, 9.17) is 21.9 Å². The van der Waals surface area contributed by atoms with Gasteiger partial charge in [0.1, 0.15) is 20.8 Å². The number of hydrogen-bond donors (Lipinski definition) is 2. The first kappa shape index (κ1) is 20.1. The van der Waals surface area contributed by atoms with E-state index in [0.29, 0.717) is 9.93 Å². The molecule has 1 aromatic carbocycles. The Balaban J connectivity index is 1.93. The number of hydrogen-bond acceptors (Lipinski definition) is 8. The number of fused-ring (bicyclic) bond motifs is 1. The lowest BCUT2D eigenvalue weighted by molar-refractivity contribution is -0.140. The van der Waals surface area contributed by atoms with Crippen molar-refractivity contribution in [2.45, 2.75) is 11.3 Å². The van der Waals surface area contributed by atoms with E-state index in [2.05, 4.69) is 0 Å². The monoisotopic (exact) mass is 446 g/mol. The molecule has 0 bridgehead atoms. The van der Waals surface area contributed by atoms with Crippen LogP contribution < -0.4 is 4.90 Å². The number of thioether (sulfide) groups is 2. The molecular formula is C15H14N2O6S4. The fourth-order valence-electron chi connectivity index (χ4n) is 2.63. The molecule has 0 aromatic heterocycles. The molecule has 2 N–H and O–H groups in total. The number of para-hydroxylation sites is 1. The summed E-state index contributed by atoms with van der Waals surface area (Å²) in [6.45, 7) is -0.246. The zero-order chi connectivity index (χ0) is 19.8. The second-order valence-electron chi connectivity index (χ2n) is 5.65. The Morgan fingerprint density at radius 3 is 2.56 bits per heavy atom. The number of aliphatic carboxylic acids is 1. The Morgan fingerprint density at radius 1 is 1.19 bits per heavy atom. The Morgan fingerprint density at radius 2 is 1.89 bits per heavy atom. The number of benzene rings is 1. The zero-order valence-electron chi connectivity index (χ0n) is 13.7. The van der Waals surface area contributed by atoms with E-state index in [9.17, 15) is 18.0 Å². The summed E-state index contributed by atoms with van der Waals surface area (Å²) in [5.41, 5.74) is 0.816. The smallest absolute Gasteiger partial charge is 0.323 e. The van der Waals surface area contributed by atoms with E-state index < -0.39 is 34.3 Å². The number of carboxylic acids is 1. The van der Waals surface area contributed by atoms with Crippen molar-refractivity contribution in [2.24, 2.45) is 0 Å². The van der Waals surface area contributed by atoms with Crippen LogP contribution >= 0.6 is 35.7 Å². The quantitative estimate of drug-likeness (QED) is 0.382. The average Bonchev–Trinajstić information content (AvgIpc) is 3.06. The predicted octanol–water partition coefficient (Wildman–Crippen LogP) is 1.99. The molecule has 1 amide bonds. The third-order valence-electron chi connectivity index (χ3n) is 3.73. The topological polar surface area (TPSA) is 115 Å². The van der Waals surface area contributed by atoms with Crippen molar-refractivity contribution >= 4 is 67.7 Å². The van der Waals surface area contributed by atoms with Gasteiger partial charge < -0.3 is 10.0 Å². The molecule has 2 aliphatic heterocycles. The molecule has 27 heavy (non-hydrogen) atoms. The number of thiocarbonyl (C=S) groups is 1. The number of amides is 1. The van der Waals surface area contributed by atoms with Crippen LogP contribution in [-0.4, -0.2) is 58.0 Å². The fraction of sp³-hybridized carbons (Fsp3) is 0.267. The zero-order valence-corrected chi connectivity index (χ0v) is 17.0. The van der Waals surface area contributed by atoms with Gasteiger partial charge in [0.2, 0.25) is 0 Å². The summed E-state index contributed by atoms with van der Waals surface area (Å²) in [6, 6.07) is 7.40. The second-order valence-corrected chi connectivity index (χ2v) is 9.90. The summed E-state index contributed by atoms with van der Waals surface area (Å²) in [7, 11) is -4.09. The molecule has 1 fully saturated rings. The van der Waals surface area contributed by atoms with Crippen LogP contribution in [0.3, 0.4) is 0 Å². The lowest BCUT2D eigenvalue weighted by Crippen LogP contribution is -2.34. The molecule has 12 heteroatoms.